The largest absolute Gasteiger partial charge is 0.497 e. The van der Waals surface area contributed by atoms with Gasteiger partial charge in [-0.25, -0.2) is 9.69 Å². The molecule has 0 saturated carbocycles. The first-order chi connectivity index (χ1) is 18.3. The zero-order chi connectivity index (χ0) is 27.0. The van der Waals surface area contributed by atoms with Crippen molar-refractivity contribution in [2.24, 2.45) is 0 Å². The molecule has 10 heteroatoms. The summed E-state index contributed by atoms with van der Waals surface area (Å²) in [5, 5.41) is 2.18. The van der Waals surface area contributed by atoms with Crippen LogP contribution >= 0.6 is 0 Å². The predicted molar refractivity (Wildman–Crippen MR) is 136 cm³/mol. The Morgan fingerprint density at radius 2 is 1.45 bits per heavy atom. The highest BCUT2D eigenvalue weighted by Crippen LogP contribution is 2.29. The van der Waals surface area contributed by atoms with Gasteiger partial charge in [-0.05, 0) is 60.2 Å². The van der Waals surface area contributed by atoms with E-state index >= 15 is 0 Å². The first-order valence-electron chi connectivity index (χ1n) is 11.5. The number of rotatable bonds is 6. The van der Waals surface area contributed by atoms with Crippen LogP contribution in [0.5, 0.6) is 11.5 Å². The topological polar surface area (TPSA) is 122 Å². The molecule has 0 aliphatic carbocycles. The standard InChI is InChI=1S/C28H21N3O7/c1-37-19-10-8-18(9-11-19)31-27(35)22(24(32)29-28(31)36)14-16-7-12-23(38-2)17(13-16)15-30-25(33)20-5-3-4-6-21(20)26(30)34/h3-14H,15H2,1-2H3,(H,29,32,36)/b22-14+. The van der Waals surface area contributed by atoms with Crippen molar-refractivity contribution in [2.75, 3.05) is 19.1 Å². The molecule has 0 bridgehead atoms. The monoisotopic (exact) mass is 511 g/mol. The Labute approximate surface area is 217 Å². The van der Waals surface area contributed by atoms with E-state index in [1.54, 1.807) is 54.6 Å². The average Bonchev–Trinajstić information content (AvgIpc) is 3.16. The van der Waals surface area contributed by atoms with E-state index in [1.807, 2.05) is 0 Å². The SMILES string of the molecule is COc1ccc(N2C(=O)NC(=O)/C(=C\c3ccc(OC)c(CN4C(=O)c5ccccc5C4=O)c3)C2=O)cc1. The Morgan fingerprint density at radius 1 is 0.789 bits per heavy atom. The van der Waals surface area contributed by atoms with Gasteiger partial charge in [0.1, 0.15) is 17.1 Å². The van der Waals surface area contributed by atoms with Gasteiger partial charge in [0.2, 0.25) is 0 Å². The number of benzene rings is 3. The molecule has 2 heterocycles. The van der Waals surface area contributed by atoms with E-state index in [0.29, 0.717) is 33.8 Å². The third-order valence-corrected chi connectivity index (χ3v) is 6.25. The molecular weight excluding hydrogens is 490 g/mol. The van der Waals surface area contributed by atoms with Crippen molar-refractivity contribution in [2.45, 2.75) is 6.54 Å². The number of nitrogens with one attached hydrogen (secondary N) is 1. The van der Waals surface area contributed by atoms with E-state index in [2.05, 4.69) is 5.32 Å². The summed E-state index contributed by atoms with van der Waals surface area (Å²) in [7, 11) is 2.94. The maximum absolute atomic E-state index is 13.2. The van der Waals surface area contributed by atoms with Crippen LogP contribution in [0.3, 0.4) is 0 Å². The molecule has 2 aliphatic heterocycles. The van der Waals surface area contributed by atoms with Crippen LogP contribution in [0.15, 0.2) is 72.3 Å². The van der Waals surface area contributed by atoms with Crippen molar-refractivity contribution < 1.29 is 33.4 Å². The van der Waals surface area contributed by atoms with Crippen LogP contribution in [0.25, 0.3) is 6.08 Å². The van der Waals surface area contributed by atoms with Crippen LogP contribution in [-0.2, 0) is 16.1 Å². The van der Waals surface area contributed by atoms with E-state index in [1.165, 1.54) is 32.4 Å². The van der Waals surface area contributed by atoms with Crippen LogP contribution in [0.4, 0.5) is 10.5 Å². The molecule has 0 atom stereocenters. The number of carbonyl (C=O) groups is 5. The minimum absolute atomic E-state index is 0.0802. The Hall–Kier alpha value is -5.25. The fourth-order valence-electron chi connectivity index (χ4n) is 4.35. The fraction of sp³-hybridized carbons (Fsp3) is 0.107. The van der Waals surface area contributed by atoms with Gasteiger partial charge in [-0.1, -0.05) is 18.2 Å². The van der Waals surface area contributed by atoms with E-state index in [-0.39, 0.29) is 17.8 Å². The number of imide groups is 3. The number of carbonyl (C=O) groups excluding carboxylic acids is 5. The summed E-state index contributed by atoms with van der Waals surface area (Å²) in [6, 6.07) is 16.8. The predicted octanol–water partition coefficient (Wildman–Crippen LogP) is 3.17. The van der Waals surface area contributed by atoms with Crippen molar-refractivity contribution in [1.29, 1.82) is 0 Å². The normalized spacial score (nSPS) is 16.2. The molecule has 0 spiro atoms. The minimum atomic E-state index is -0.872. The van der Waals surface area contributed by atoms with Gasteiger partial charge < -0.3 is 9.47 Å². The van der Waals surface area contributed by atoms with Gasteiger partial charge in [0.25, 0.3) is 23.6 Å². The third-order valence-electron chi connectivity index (χ3n) is 6.25. The number of methoxy groups -OCH3 is 2. The molecule has 3 aromatic rings. The number of hydrogen-bond donors (Lipinski definition) is 1. The summed E-state index contributed by atoms with van der Waals surface area (Å²) in [5.74, 6) is -1.55. The lowest BCUT2D eigenvalue weighted by molar-refractivity contribution is -0.122. The molecule has 10 nitrogen and oxygen atoms in total. The summed E-state index contributed by atoms with van der Waals surface area (Å²) < 4.78 is 10.5. The molecule has 2 aliphatic rings. The summed E-state index contributed by atoms with van der Waals surface area (Å²) in [5.41, 5.74) is 1.55. The second kappa shape index (κ2) is 9.66. The maximum Gasteiger partial charge on any atom is 0.335 e. The van der Waals surface area contributed by atoms with Crippen molar-refractivity contribution in [3.8, 4) is 11.5 Å². The molecule has 38 heavy (non-hydrogen) atoms. The second-order valence-corrected chi connectivity index (χ2v) is 8.47. The van der Waals surface area contributed by atoms with Crippen molar-refractivity contribution in [3.63, 3.8) is 0 Å². The van der Waals surface area contributed by atoms with Gasteiger partial charge >= 0.3 is 6.03 Å². The molecule has 190 valence electrons. The number of nitrogens with zero attached hydrogens (tertiary/aromatic N) is 2. The minimum Gasteiger partial charge on any atom is -0.497 e. The third kappa shape index (κ3) is 4.17. The van der Waals surface area contributed by atoms with Gasteiger partial charge in [-0.15, -0.1) is 0 Å². The fourth-order valence-corrected chi connectivity index (χ4v) is 4.35. The van der Waals surface area contributed by atoms with Crippen LogP contribution in [0.2, 0.25) is 0 Å². The number of amides is 6. The summed E-state index contributed by atoms with van der Waals surface area (Å²) >= 11 is 0. The molecule has 3 aromatic carbocycles. The van der Waals surface area contributed by atoms with Gasteiger partial charge in [0.15, 0.2) is 0 Å². The molecule has 5 rings (SSSR count). The van der Waals surface area contributed by atoms with E-state index in [4.69, 9.17) is 9.47 Å². The van der Waals surface area contributed by atoms with Crippen molar-refractivity contribution in [1.82, 2.24) is 10.2 Å². The molecule has 1 saturated heterocycles. The van der Waals surface area contributed by atoms with E-state index < -0.39 is 29.7 Å². The molecule has 0 unspecified atom stereocenters. The average molecular weight is 511 g/mol. The highest BCUT2D eigenvalue weighted by molar-refractivity contribution is 6.39. The van der Waals surface area contributed by atoms with Gasteiger partial charge in [-0.3, -0.25) is 29.4 Å². The Kier molecular flexibility index (Phi) is 6.21. The van der Waals surface area contributed by atoms with E-state index in [0.717, 1.165) is 9.80 Å². The number of barbiturate groups is 1. The molecule has 6 amide bonds. The van der Waals surface area contributed by atoms with Crippen LogP contribution in [0.1, 0.15) is 31.8 Å². The van der Waals surface area contributed by atoms with Gasteiger partial charge in [0.05, 0.1) is 37.6 Å². The number of anilines is 1. The number of ether oxygens (including phenoxy) is 2. The maximum atomic E-state index is 13.2. The highest BCUT2D eigenvalue weighted by atomic mass is 16.5. The Bertz CT molecular complexity index is 1510. The van der Waals surface area contributed by atoms with Gasteiger partial charge in [0, 0.05) is 5.56 Å². The smallest absolute Gasteiger partial charge is 0.335 e. The number of hydrogen-bond acceptors (Lipinski definition) is 7. The lowest BCUT2D eigenvalue weighted by atomic mass is 10.0. The Morgan fingerprint density at radius 3 is 2.05 bits per heavy atom. The lowest BCUT2D eigenvalue weighted by Crippen LogP contribution is -2.54. The first kappa shape index (κ1) is 24.4. The summed E-state index contributed by atoms with van der Waals surface area (Å²) in [6.45, 7) is -0.0802. The molecule has 1 fully saturated rings. The van der Waals surface area contributed by atoms with Gasteiger partial charge in [-0.2, -0.15) is 0 Å². The van der Waals surface area contributed by atoms with E-state index in [9.17, 15) is 24.0 Å². The zero-order valence-corrected chi connectivity index (χ0v) is 20.4. The summed E-state index contributed by atoms with van der Waals surface area (Å²) in [6.07, 6.45) is 1.34. The molecule has 1 N–H and O–H groups in total. The van der Waals surface area contributed by atoms with Crippen molar-refractivity contribution in [3.05, 3.63) is 94.6 Å². The zero-order valence-electron chi connectivity index (χ0n) is 20.4. The van der Waals surface area contributed by atoms with Crippen LogP contribution < -0.4 is 19.7 Å². The lowest BCUT2D eigenvalue weighted by Gasteiger charge is -2.26. The number of urea groups is 1. The van der Waals surface area contributed by atoms with Crippen LogP contribution in [-0.4, -0.2) is 48.8 Å². The molecule has 0 radical (unpaired) electrons. The molecule has 0 aromatic heterocycles. The number of fused-ring (bicyclic) bond motifs is 1. The molecular formula is C28H21N3O7. The Balaban J connectivity index is 1.46. The summed E-state index contributed by atoms with van der Waals surface area (Å²) in [4.78, 5) is 66.0. The second-order valence-electron chi connectivity index (χ2n) is 8.47. The van der Waals surface area contributed by atoms with Crippen LogP contribution in [0, 0.1) is 0 Å². The highest BCUT2D eigenvalue weighted by Gasteiger charge is 2.37. The quantitative estimate of drug-likeness (QED) is 0.306. The van der Waals surface area contributed by atoms with Crippen molar-refractivity contribution >= 4 is 41.4 Å². The first-order valence-corrected chi connectivity index (χ1v) is 11.5.